The van der Waals surface area contributed by atoms with E-state index in [-0.39, 0.29) is 0 Å². The van der Waals surface area contributed by atoms with Crippen molar-refractivity contribution in [2.24, 2.45) is 0 Å². The van der Waals surface area contributed by atoms with Crippen LogP contribution in [0.5, 0.6) is 0 Å². The number of unbranched alkanes of at least 4 members (excludes halogenated alkanes) is 1. The van der Waals surface area contributed by atoms with E-state index in [1.807, 2.05) is 6.33 Å². The number of benzene rings is 2. The summed E-state index contributed by atoms with van der Waals surface area (Å²) in [7, 11) is 0. The highest BCUT2D eigenvalue weighted by Gasteiger charge is 2.03. The van der Waals surface area contributed by atoms with Gasteiger partial charge in [0.15, 0.2) is 0 Å². The van der Waals surface area contributed by atoms with Crippen LogP contribution in [0.1, 0.15) is 30.9 Å². The molecule has 0 aliphatic heterocycles. The van der Waals surface area contributed by atoms with Crippen molar-refractivity contribution in [3.8, 4) is 0 Å². The fourth-order valence-corrected chi connectivity index (χ4v) is 2.59. The van der Waals surface area contributed by atoms with E-state index in [9.17, 15) is 0 Å². The molecule has 0 spiro atoms. The Labute approximate surface area is 132 Å². The average Bonchev–Trinajstić information content (AvgIpc) is 2.94. The summed E-state index contributed by atoms with van der Waals surface area (Å²) in [5.41, 5.74) is 5.98. The Bertz CT molecular complexity index is 741. The minimum absolute atomic E-state index is 0.836. The first-order valence-electron chi connectivity index (χ1n) is 8.00. The highest BCUT2D eigenvalue weighted by Crippen LogP contribution is 2.19. The van der Waals surface area contributed by atoms with Gasteiger partial charge in [-0.15, -0.1) is 0 Å². The monoisotopic (exact) mass is 293 g/mol. The average molecular weight is 293 g/mol. The molecular weight excluding hydrogens is 270 g/mol. The molecule has 2 aromatic carbocycles. The van der Waals surface area contributed by atoms with Crippen molar-refractivity contribution in [2.45, 2.75) is 39.8 Å². The topological polar surface area (TPSA) is 29.9 Å². The van der Waals surface area contributed by atoms with Crippen LogP contribution in [0.25, 0.3) is 11.0 Å². The smallest absolute Gasteiger partial charge is 0.0958 e. The molecule has 0 unspecified atom stereocenters. The molecule has 3 heteroatoms. The Hall–Kier alpha value is -2.29. The number of nitrogens with zero attached hydrogens (tertiary/aromatic N) is 2. The van der Waals surface area contributed by atoms with Crippen molar-refractivity contribution < 1.29 is 0 Å². The van der Waals surface area contributed by atoms with E-state index in [4.69, 9.17) is 0 Å². The molecule has 1 N–H and O–H groups in total. The number of aryl methyl sites for hydroxylation is 2. The molecule has 3 aromatic rings. The van der Waals surface area contributed by atoms with Gasteiger partial charge in [-0.1, -0.05) is 43.2 Å². The maximum Gasteiger partial charge on any atom is 0.0958 e. The predicted molar refractivity (Wildman–Crippen MR) is 93.1 cm³/mol. The summed E-state index contributed by atoms with van der Waals surface area (Å²) >= 11 is 0. The van der Waals surface area contributed by atoms with Crippen LogP contribution in [0.4, 0.5) is 5.69 Å². The zero-order valence-electron chi connectivity index (χ0n) is 13.3. The van der Waals surface area contributed by atoms with Crippen molar-refractivity contribution in [3.05, 3.63) is 59.9 Å². The van der Waals surface area contributed by atoms with Crippen LogP contribution >= 0.6 is 0 Å². The lowest BCUT2D eigenvalue weighted by molar-refractivity contribution is 0.646. The van der Waals surface area contributed by atoms with Gasteiger partial charge in [-0.25, -0.2) is 4.98 Å². The minimum Gasteiger partial charge on any atom is -0.381 e. The van der Waals surface area contributed by atoms with E-state index in [2.05, 4.69) is 71.2 Å². The van der Waals surface area contributed by atoms with Crippen molar-refractivity contribution in [2.75, 3.05) is 5.32 Å². The molecular formula is C19H23N3. The van der Waals surface area contributed by atoms with Crippen LogP contribution in [0, 0.1) is 6.92 Å². The van der Waals surface area contributed by atoms with Gasteiger partial charge in [0.1, 0.15) is 0 Å². The highest BCUT2D eigenvalue weighted by atomic mass is 15.0. The number of fused-ring (bicyclic) bond motifs is 1. The summed E-state index contributed by atoms with van der Waals surface area (Å²) < 4.78 is 2.24. The van der Waals surface area contributed by atoms with Gasteiger partial charge < -0.3 is 9.88 Å². The van der Waals surface area contributed by atoms with E-state index in [1.165, 1.54) is 29.5 Å². The lowest BCUT2D eigenvalue weighted by Gasteiger charge is -2.08. The van der Waals surface area contributed by atoms with Crippen LogP contribution in [0.2, 0.25) is 0 Å². The number of rotatable bonds is 6. The Morgan fingerprint density at radius 3 is 2.68 bits per heavy atom. The van der Waals surface area contributed by atoms with E-state index in [0.717, 1.165) is 24.3 Å². The maximum atomic E-state index is 4.52. The molecule has 0 aliphatic rings. The van der Waals surface area contributed by atoms with Gasteiger partial charge in [0.05, 0.1) is 17.4 Å². The summed E-state index contributed by atoms with van der Waals surface area (Å²) in [6, 6.07) is 15.1. The molecule has 22 heavy (non-hydrogen) atoms. The number of nitrogens with one attached hydrogen (secondary N) is 1. The normalized spacial score (nSPS) is 11.0. The molecule has 3 rings (SSSR count). The second-order valence-corrected chi connectivity index (χ2v) is 5.83. The third-order valence-electron chi connectivity index (χ3n) is 3.99. The maximum absolute atomic E-state index is 4.52. The summed E-state index contributed by atoms with van der Waals surface area (Å²) in [5.74, 6) is 0. The predicted octanol–water partition coefficient (Wildman–Crippen LogP) is 4.76. The molecule has 0 saturated heterocycles. The van der Waals surface area contributed by atoms with Gasteiger partial charge in [-0.05, 0) is 37.1 Å². The van der Waals surface area contributed by atoms with Gasteiger partial charge in [0.25, 0.3) is 0 Å². The van der Waals surface area contributed by atoms with Gasteiger partial charge in [-0.3, -0.25) is 0 Å². The molecule has 0 bridgehead atoms. The fraction of sp³-hybridized carbons (Fsp3) is 0.316. The zero-order valence-corrected chi connectivity index (χ0v) is 13.3. The summed E-state index contributed by atoms with van der Waals surface area (Å²) in [6.45, 7) is 6.21. The quantitative estimate of drug-likeness (QED) is 0.710. The molecule has 1 aromatic heterocycles. The lowest BCUT2D eigenvalue weighted by atomic mass is 10.1. The Balaban J connectivity index is 1.71. The van der Waals surface area contributed by atoms with Crippen LogP contribution in [0.15, 0.2) is 48.8 Å². The molecule has 0 aliphatic carbocycles. The van der Waals surface area contributed by atoms with E-state index in [1.54, 1.807) is 0 Å². The minimum atomic E-state index is 0.836. The molecule has 0 atom stereocenters. The van der Waals surface area contributed by atoms with Gasteiger partial charge in [0.2, 0.25) is 0 Å². The van der Waals surface area contributed by atoms with Crippen molar-refractivity contribution in [1.29, 1.82) is 0 Å². The number of imidazole rings is 1. The zero-order chi connectivity index (χ0) is 15.4. The van der Waals surface area contributed by atoms with Gasteiger partial charge in [0, 0.05) is 18.8 Å². The third kappa shape index (κ3) is 3.30. The number of hydrogen-bond donors (Lipinski definition) is 1. The number of anilines is 1. The fourth-order valence-electron chi connectivity index (χ4n) is 2.59. The number of hydrogen-bond acceptors (Lipinski definition) is 2. The van der Waals surface area contributed by atoms with E-state index < -0.39 is 0 Å². The SMILES string of the molecule is CCCCn1cnc2cc(NCc3ccc(C)cc3)ccc21. The van der Waals surface area contributed by atoms with Crippen LogP contribution in [-0.4, -0.2) is 9.55 Å². The largest absolute Gasteiger partial charge is 0.381 e. The Kier molecular flexibility index (Phi) is 4.42. The molecule has 3 nitrogen and oxygen atoms in total. The van der Waals surface area contributed by atoms with Crippen molar-refractivity contribution >= 4 is 16.7 Å². The Morgan fingerprint density at radius 2 is 1.91 bits per heavy atom. The third-order valence-corrected chi connectivity index (χ3v) is 3.99. The first-order chi connectivity index (χ1) is 10.8. The van der Waals surface area contributed by atoms with Crippen LogP contribution in [-0.2, 0) is 13.1 Å². The van der Waals surface area contributed by atoms with E-state index in [0.29, 0.717) is 0 Å². The molecule has 1 heterocycles. The molecule has 0 saturated carbocycles. The van der Waals surface area contributed by atoms with Gasteiger partial charge in [-0.2, -0.15) is 0 Å². The Morgan fingerprint density at radius 1 is 1.09 bits per heavy atom. The first kappa shape index (κ1) is 14.6. The van der Waals surface area contributed by atoms with Crippen molar-refractivity contribution in [3.63, 3.8) is 0 Å². The first-order valence-corrected chi connectivity index (χ1v) is 8.00. The second kappa shape index (κ2) is 6.65. The summed E-state index contributed by atoms with van der Waals surface area (Å²) in [4.78, 5) is 4.52. The summed E-state index contributed by atoms with van der Waals surface area (Å²) in [6.07, 6.45) is 4.35. The molecule has 0 radical (unpaired) electrons. The van der Waals surface area contributed by atoms with Crippen LogP contribution in [0.3, 0.4) is 0 Å². The van der Waals surface area contributed by atoms with Crippen LogP contribution < -0.4 is 5.32 Å². The van der Waals surface area contributed by atoms with Gasteiger partial charge >= 0.3 is 0 Å². The standard InChI is InChI=1S/C19H23N3/c1-3-4-11-22-14-21-18-12-17(9-10-19(18)22)20-13-16-7-5-15(2)6-8-16/h5-10,12,14,20H,3-4,11,13H2,1-2H3. The molecule has 0 fully saturated rings. The molecule has 0 amide bonds. The second-order valence-electron chi connectivity index (χ2n) is 5.83. The number of aromatic nitrogens is 2. The molecule has 114 valence electrons. The summed E-state index contributed by atoms with van der Waals surface area (Å²) in [5, 5.41) is 3.48. The lowest BCUT2D eigenvalue weighted by Crippen LogP contribution is -1.99. The van der Waals surface area contributed by atoms with Crippen molar-refractivity contribution in [1.82, 2.24) is 9.55 Å². The highest BCUT2D eigenvalue weighted by molar-refractivity contribution is 5.79. The van der Waals surface area contributed by atoms with E-state index >= 15 is 0 Å².